The highest BCUT2D eigenvalue weighted by Crippen LogP contribution is 2.17. The van der Waals surface area contributed by atoms with E-state index in [0.717, 1.165) is 10.7 Å². The molecule has 0 fully saturated rings. The molecule has 2 aromatic heterocycles. The number of amides is 1. The van der Waals surface area contributed by atoms with Crippen LogP contribution in [-0.2, 0) is 16.1 Å². The van der Waals surface area contributed by atoms with Crippen LogP contribution >= 0.6 is 11.3 Å². The number of anilines is 1. The number of carbonyl (C=O) groups is 2. The number of carbonyl (C=O) groups excluding carboxylic acids is 2. The SMILES string of the molecule is Cc1cc(NC(=O)COC(=O)c2cccc(OCc3csc(C)n3)c2)no1. The number of hydrogen-bond donors (Lipinski definition) is 1. The molecule has 0 unspecified atom stereocenters. The van der Waals surface area contributed by atoms with Crippen molar-refractivity contribution < 1.29 is 23.6 Å². The van der Waals surface area contributed by atoms with Gasteiger partial charge in [-0.25, -0.2) is 9.78 Å². The predicted molar refractivity (Wildman–Crippen MR) is 97.8 cm³/mol. The Bertz CT molecular complexity index is 950. The summed E-state index contributed by atoms with van der Waals surface area (Å²) in [6.07, 6.45) is 0. The molecule has 1 N–H and O–H groups in total. The monoisotopic (exact) mass is 387 g/mol. The zero-order chi connectivity index (χ0) is 19.2. The molecular formula is C18H17N3O5S. The van der Waals surface area contributed by atoms with Crippen LogP contribution in [0.5, 0.6) is 5.75 Å². The Morgan fingerprint density at radius 2 is 2.11 bits per heavy atom. The minimum absolute atomic E-state index is 0.265. The Balaban J connectivity index is 1.51. The van der Waals surface area contributed by atoms with Gasteiger partial charge in [-0.3, -0.25) is 4.79 Å². The van der Waals surface area contributed by atoms with Crippen LogP contribution in [0.25, 0.3) is 0 Å². The first kappa shape index (κ1) is 18.6. The largest absolute Gasteiger partial charge is 0.487 e. The van der Waals surface area contributed by atoms with E-state index >= 15 is 0 Å². The highest BCUT2D eigenvalue weighted by Gasteiger charge is 2.13. The molecule has 2 heterocycles. The van der Waals surface area contributed by atoms with Crippen molar-refractivity contribution in [2.45, 2.75) is 20.5 Å². The number of benzene rings is 1. The third kappa shape index (κ3) is 5.38. The van der Waals surface area contributed by atoms with E-state index in [1.165, 1.54) is 0 Å². The number of nitrogens with one attached hydrogen (secondary N) is 1. The van der Waals surface area contributed by atoms with Crippen LogP contribution in [0.4, 0.5) is 5.82 Å². The summed E-state index contributed by atoms with van der Waals surface area (Å²) in [6.45, 7) is 3.49. The number of aryl methyl sites for hydroxylation is 2. The van der Waals surface area contributed by atoms with E-state index in [1.54, 1.807) is 48.6 Å². The lowest BCUT2D eigenvalue weighted by Crippen LogP contribution is -2.21. The maximum Gasteiger partial charge on any atom is 0.338 e. The average Bonchev–Trinajstić information content (AvgIpc) is 3.26. The van der Waals surface area contributed by atoms with Crippen molar-refractivity contribution in [2.24, 2.45) is 0 Å². The number of aromatic nitrogens is 2. The highest BCUT2D eigenvalue weighted by molar-refractivity contribution is 7.09. The van der Waals surface area contributed by atoms with E-state index in [0.29, 0.717) is 18.1 Å². The normalized spacial score (nSPS) is 10.4. The minimum atomic E-state index is -0.628. The van der Waals surface area contributed by atoms with E-state index < -0.39 is 18.5 Å². The maximum atomic E-state index is 12.1. The summed E-state index contributed by atoms with van der Waals surface area (Å²) < 4.78 is 15.5. The van der Waals surface area contributed by atoms with Crippen molar-refractivity contribution in [1.82, 2.24) is 10.1 Å². The van der Waals surface area contributed by atoms with Crippen molar-refractivity contribution >= 4 is 29.0 Å². The topological polar surface area (TPSA) is 104 Å². The van der Waals surface area contributed by atoms with Gasteiger partial charge in [0.2, 0.25) is 0 Å². The Labute approximate surface area is 159 Å². The van der Waals surface area contributed by atoms with Gasteiger partial charge in [-0.2, -0.15) is 0 Å². The first-order valence-corrected chi connectivity index (χ1v) is 8.92. The summed E-state index contributed by atoms with van der Waals surface area (Å²) in [5.41, 5.74) is 1.11. The van der Waals surface area contributed by atoms with Gasteiger partial charge in [0.1, 0.15) is 18.1 Å². The van der Waals surface area contributed by atoms with Crippen molar-refractivity contribution in [3.63, 3.8) is 0 Å². The average molecular weight is 387 g/mol. The summed E-state index contributed by atoms with van der Waals surface area (Å²) in [6, 6.07) is 8.11. The fourth-order valence-corrected chi connectivity index (χ4v) is 2.76. The number of nitrogens with zero attached hydrogens (tertiary/aromatic N) is 2. The number of hydrogen-bond acceptors (Lipinski definition) is 8. The summed E-state index contributed by atoms with van der Waals surface area (Å²) in [5.74, 6) is 0.199. The molecule has 3 rings (SSSR count). The minimum Gasteiger partial charge on any atom is -0.487 e. The second-order valence-corrected chi connectivity index (χ2v) is 6.68. The quantitative estimate of drug-likeness (QED) is 0.621. The number of ether oxygens (including phenoxy) is 2. The van der Waals surface area contributed by atoms with Gasteiger partial charge in [-0.05, 0) is 32.0 Å². The van der Waals surface area contributed by atoms with Gasteiger partial charge in [0.05, 0.1) is 16.3 Å². The van der Waals surface area contributed by atoms with Crippen molar-refractivity contribution in [2.75, 3.05) is 11.9 Å². The molecule has 0 aliphatic rings. The standard InChI is InChI=1S/C18H17N3O5S/c1-11-6-16(21-26-11)20-17(22)9-25-18(23)13-4-3-5-15(7-13)24-8-14-10-27-12(2)19-14/h3-7,10H,8-9H2,1-2H3,(H,20,21,22). The predicted octanol–water partition coefficient (Wildman–Crippen LogP) is 3.12. The summed E-state index contributed by atoms with van der Waals surface area (Å²) >= 11 is 1.55. The second-order valence-electron chi connectivity index (χ2n) is 5.62. The fraction of sp³-hybridized carbons (Fsp3) is 0.222. The first-order valence-electron chi connectivity index (χ1n) is 8.04. The second kappa shape index (κ2) is 8.45. The van der Waals surface area contributed by atoms with Crippen LogP contribution < -0.4 is 10.1 Å². The van der Waals surface area contributed by atoms with Gasteiger partial charge in [-0.15, -0.1) is 11.3 Å². The number of rotatable bonds is 7. The van der Waals surface area contributed by atoms with E-state index in [4.69, 9.17) is 14.0 Å². The van der Waals surface area contributed by atoms with Crippen molar-refractivity contribution in [3.05, 3.63) is 57.7 Å². The Morgan fingerprint density at radius 1 is 1.26 bits per heavy atom. The third-order valence-corrected chi connectivity index (χ3v) is 4.18. The molecule has 8 nitrogen and oxygen atoms in total. The van der Waals surface area contributed by atoms with Crippen LogP contribution in [0.15, 0.2) is 40.2 Å². The summed E-state index contributed by atoms with van der Waals surface area (Å²) in [5, 5.41) is 8.98. The van der Waals surface area contributed by atoms with Crippen LogP contribution in [0.2, 0.25) is 0 Å². The summed E-state index contributed by atoms with van der Waals surface area (Å²) in [4.78, 5) is 28.2. The lowest BCUT2D eigenvalue weighted by molar-refractivity contribution is -0.119. The lowest BCUT2D eigenvalue weighted by atomic mass is 10.2. The number of thiazole rings is 1. The molecule has 0 radical (unpaired) electrons. The Morgan fingerprint density at radius 3 is 2.81 bits per heavy atom. The van der Waals surface area contributed by atoms with E-state index in [-0.39, 0.29) is 11.4 Å². The zero-order valence-electron chi connectivity index (χ0n) is 14.7. The maximum absolute atomic E-state index is 12.1. The molecule has 0 saturated heterocycles. The van der Waals surface area contributed by atoms with E-state index in [1.807, 2.05) is 12.3 Å². The Kier molecular flexibility index (Phi) is 5.82. The molecule has 0 saturated carbocycles. The van der Waals surface area contributed by atoms with Gasteiger partial charge < -0.3 is 19.3 Å². The molecule has 0 bridgehead atoms. The molecule has 1 aromatic carbocycles. The molecule has 9 heteroatoms. The van der Waals surface area contributed by atoms with Gasteiger partial charge >= 0.3 is 5.97 Å². The molecule has 0 atom stereocenters. The van der Waals surface area contributed by atoms with Crippen molar-refractivity contribution in [1.29, 1.82) is 0 Å². The first-order chi connectivity index (χ1) is 13.0. The fourth-order valence-electron chi connectivity index (χ4n) is 2.16. The van der Waals surface area contributed by atoms with Gasteiger partial charge in [0.15, 0.2) is 12.4 Å². The van der Waals surface area contributed by atoms with Gasteiger partial charge in [0, 0.05) is 11.4 Å². The Hall–Kier alpha value is -3.20. The highest BCUT2D eigenvalue weighted by atomic mass is 32.1. The van der Waals surface area contributed by atoms with Crippen molar-refractivity contribution in [3.8, 4) is 5.75 Å². The van der Waals surface area contributed by atoms with Gasteiger partial charge in [0.25, 0.3) is 5.91 Å². The molecule has 0 aliphatic heterocycles. The lowest BCUT2D eigenvalue weighted by Gasteiger charge is -2.07. The molecule has 0 spiro atoms. The van der Waals surface area contributed by atoms with Gasteiger partial charge in [-0.1, -0.05) is 11.2 Å². The third-order valence-electron chi connectivity index (χ3n) is 3.35. The van der Waals surface area contributed by atoms with Crippen LogP contribution in [0.3, 0.4) is 0 Å². The van der Waals surface area contributed by atoms with E-state index in [9.17, 15) is 9.59 Å². The molecular weight excluding hydrogens is 370 g/mol. The van der Waals surface area contributed by atoms with Crippen LogP contribution in [0, 0.1) is 13.8 Å². The smallest absolute Gasteiger partial charge is 0.338 e. The van der Waals surface area contributed by atoms with Crippen LogP contribution in [0.1, 0.15) is 26.8 Å². The molecule has 1 amide bonds. The molecule has 27 heavy (non-hydrogen) atoms. The molecule has 3 aromatic rings. The summed E-state index contributed by atoms with van der Waals surface area (Å²) in [7, 11) is 0. The zero-order valence-corrected chi connectivity index (χ0v) is 15.5. The number of esters is 1. The molecule has 0 aliphatic carbocycles. The molecule has 140 valence electrons. The van der Waals surface area contributed by atoms with Crippen LogP contribution in [-0.4, -0.2) is 28.6 Å². The van der Waals surface area contributed by atoms with E-state index in [2.05, 4.69) is 15.5 Å².